The lowest BCUT2D eigenvalue weighted by Crippen LogP contribution is -2.27. The molecule has 1 amide bonds. The van der Waals surface area contributed by atoms with E-state index in [9.17, 15) is 4.79 Å². The van der Waals surface area contributed by atoms with Crippen LogP contribution in [0.5, 0.6) is 11.5 Å². The molecule has 156 valence electrons. The second-order valence-corrected chi connectivity index (χ2v) is 7.52. The summed E-state index contributed by atoms with van der Waals surface area (Å²) in [6.07, 6.45) is 1.07. The van der Waals surface area contributed by atoms with Gasteiger partial charge in [-0.3, -0.25) is 4.79 Å². The number of halogens is 1. The molecule has 30 heavy (non-hydrogen) atoms. The van der Waals surface area contributed by atoms with Gasteiger partial charge in [-0.05, 0) is 36.2 Å². The lowest BCUT2D eigenvalue weighted by atomic mass is 10.1. The van der Waals surface area contributed by atoms with Gasteiger partial charge in [0.05, 0.1) is 25.2 Å². The minimum atomic E-state index is -0.119. The maximum atomic E-state index is 12.5. The second-order valence-electron chi connectivity index (χ2n) is 7.12. The summed E-state index contributed by atoms with van der Waals surface area (Å²) < 4.78 is 16.1. The molecule has 3 aromatic rings. The normalized spacial score (nSPS) is 16.2. The Morgan fingerprint density at radius 3 is 2.73 bits per heavy atom. The van der Waals surface area contributed by atoms with Crippen LogP contribution in [0.1, 0.15) is 23.8 Å². The highest BCUT2D eigenvalue weighted by molar-refractivity contribution is 6.33. The SMILES string of the molecule is COc1ccc(CCN2CC(c3nc(-c4ccccc4Cl)no3)CC2=O)cc1OC. The highest BCUT2D eigenvalue weighted by Gasteiger charge is 2.34. The van der Waals surface area contributed by atoms with Crippen molar-refractivity contribution in [2.75, 3.05) is 27.3 Å². The molecule has 1 unspecified atom stereocenters. The number of rotatable bonds is 7. The summed E-state index contributed by atoms with van der Waals surface area (Å²) in [5.74, 6) is 2.23. The lowest BCUT2D eigenvalue weighted by molar-refractivity contribution is -0.127. The van der Waals surface area contributed by atoms with Crippen LogP contribution in [-0.2, 0) is 11.2 Å². The molecular weight excluding hydrogens is 406 g/mol. The van der Waals surface area contributed by atoms with Gasteiger partial charge in [-0.15, -0.1) is 0 Å². The molecule has 1 fully saturated rings. The van der Waals surface area contributed by atoms with E-state index >= 15 is 0 Å². The van der Waals surface area contributed by atoms with Crippen LogP contribution in [0.4, 0.5) is 0 Å². The molecule has 1 aliphatic heterocycles. The van der Waals surface area contributed by atoms with Gasteiger partial charge >= 0.3 is 0 Å². The number of hydrogen-bond donors (Lipinski definition) is 0. The second kappa shape index (κ2) is 8.75. The van der Waals surface area contributed by atoms with E-state index in [0.717, 1.165) is 5.56 Å². The van der Waals surface area contributed by atoms with E-state index in [2.05, 4.69) is 10.1 Å². The fourth-order valence-corrected chi connectivity index (χ4v) is 3.83. The molecule has 2 heterocycles. The maximum Gasteiger partial charge on any atom is 0.232 e. The predicted molar refractivity (Wildman–Crippen MR) is 112 cm³/mol. The summed E-state index contributed by atoms with van der Waals surface area (Å²) in [6.45, 7) is 1.16. The van der Waals surface area contributed by atoms with Gasteiger partial charge in [0.2, 0.25) is 17.6 Å². The molecule has 1 aliphatic rings. The summed E-state index contributed by atoms with van der Waals surface area (Å²) in [4.78, 5) is 18.8. The van der Waals surface area contributed by atoms with Gasteiger partial charge < -0.3 is 18.9 Å². The third kappa shape index (κ3) is 4.11. The molecule has 0 N–H and O–H groups in total. The zero-order valence-corrected chi connectivity index (χ0v) is 17.6. The van der Waals surface area contributed by atoms with Crippen LogP contribution in [0, 0.1) is 0 Å². The zero-order chi connectivity index (χ0) is 21.1. The summed E-state index contributed by atoms with van der Waals surface area (Å²) in [7, 11) is 3.22. The monoisotopic (exact) mass is 427 g/mol. The Kier molecular flexibility index (Phi) is 5.90. The van der Waals surface area contributed by atoms with Crippen molar-refractivity contribution in [2.24, 2.45) is 0 Å². The lowest BCUT2D eigenvalue weighted by Gasteiger charge is -2.16. The van der Waals surface area contributed by atoms with Crippen LogP contribution in [0.15, 0.2) is 47.0 Å². The minimum absolute atomic E-state index is 0.0815. The van der Waals surface area contributed by atoms with E-state index in [1.54, 1.807) is 20.3 Å². The third-order valence-corrected chi connectivity index (χ3v) is 5.57. The summed E-state index contributed by atoms with van der Waals surface area (Å²) in [5, 5.41) is 4.60. The molecule has 1 saturated heterocycles. The number of likely N-dealkylation sites (tertiary alicyclic amines) is 1. The van der Waals surface area contributed by atoms with Crippen molar-refractivity contribution >= 4 is 17.5 Å². The molecule has 1 atom stereocenters. The van der Waals surface area contributed by atoms with Crippen molar-refractivity contribution in [3.8, 4) is 22.9 Å². The Labute approximate surface area is 179 Å². The van der Waals surface area contributed by atoms with Crippen LogP contribution in [0.2, 0.25) is 5.02 Å². The van der Waals surface area contributed by atoms with E-state index in [1.807, 2.05) is 41.3 Å². The molecule has 8 heteroatoms. The van der Waals surface area contributed by atoms with E-state index in [1.165, 1.54) is 0 Å². The van der Waals surface area contributed by atoms with Gasteiger partial charge in [-0.1, -0.05) is 35.0 Å². The Morgan fingerprint density at radius 1 is 1.17 bits per heavy atom. The average molecular weight is 428 g/mol. The molecule has 0 bridgehead atoms. The molecule has 0 aliphatic carbocycles. The Balaban J connectivity index is 1.41. The van der Waals surface area contributed by atoms with Gasteiger partial charge in [-0.25, -0.2) is 0 Å². The first-order valence-electron chi connectivity index (χ1n) is 9.66. The van der Waals surface area contributed by atoms with Crippen molar-refractivity contribution in [2.45, 2.75) is 18.8 Å². The standard InChI is InChI=1S/C22H22ClN3O4/c1-28-18-8-7-14(11-19(18)29-2)9-10-26-13-15(12-20(26)27)22-24-21(25-30-22)16-5-3-4-6-17(16)23/h3-8,11,15H,9-10,12-13H2,1-2H3. The van der Waals surface area contributed by atoms with Crippen LogP contribution >= 0.6 is 11.6 Å². The van der Waals surface area contributed by atoms with Crippen molar-refractivity contribution in [3.05, 3.63) is 58.9 Å². The zero-order valence-electron chi connectivity index (χ0n) is 16.8. The first-order chi connectivity index (χ1) is 14.6. The fraction of sp³-hybridized carbons (Fsp3) is 0.318. The third-order valence-electron chi connectivity index (χ3n) is 5.24. The summed E-state index contributed by atoms with van der Waals surface area (Å²) in [5.41, 5.74) is 1.78. The van der Waals surface area contributed by atoms with Crippen LogP contribution < -0.4 is 9.47 Å². The molecule has 4 rings (SSSR count). The van der Waals surface area contributed by atoms with Crippen molar-refractivity contribution in [1.29, 1.82) is 0 Å². The number of ether oxygens (including phenoxy) is 2. The van der Waals surface area contributed by atoms with Gasteiger partial charge in [0, 0.05) is 25.1 Å². The highest BCUT2D eigenvalue weighted by atomic mass is 35.5. The largest absolute Gasteiger partial charge is 0.493 e. The predicted octanol–water partition coefficient (Wildman–Crippen LogP) is 3.97. The van der Waals surface area contributed by atoms with Crippen molar-refractivity contribution in [1.82, 2.24) is 15.0 Å². The Morgan fingerprint density at radius 2 is 1.97 bits per heavy atom. The number of benzene rings is 2. The van der Waals surface area contributed by atoms with E-state index in [-0.39, 0.29) is 11.8 Å². The van der Waals surface area contributed by atoms with Crippen molar-refractivity contribution in [3.63, 3.8) is 0 Å². The quantitative estimate of drug-likeness (QED) is 0.567. The number of carbonyl (C=O) groups excluding carboxylic acids is 1. The van der Waals surface area contributed by atoms with Gasteiger partial charge in [0.1, 0.15) is 0 Å². The van der Waals surface area contributed by atoms with Crippen LogP contribution in [0.25, 0.3) is 11.4 Å². The molecular formula is C22H22ClN3O4. The number of carbonyl (C=O) groups is 1. The van der Waals surface area contributed by atoms with Crippen LogP contribution in [-0.4, -0.2) is 48.3 Å². The van der Waals surface area contributed by atoms with Crippen LogP contribution in [0.3, 0.4) is 0 Å². The molecule has 0 saturated carbocycles. The number of amides is 1. The van der Waals surface area contributed by atoms with E-state index in [0.29, 0.717) is 59.7 Å². The van der Waals surface area contributed by atoms with Crippen molar-refractivity contribution < 1.29 is 18.8 Å². The Bertz CT molecular complexity index is 1050. The maximum absolute atomic E-state index is 12.5. The number of nitrogens with zero attached hydrogens (tertiary/aromatic N) is 3. The molecule has 2 aromatic carbocycles. The minimum Gasteiger partial charge on any atom is -0.493 e. The molecule has 0 radical (unpaired) electrons. The smallest absolute Gasteiger partial charge is 0.232 e. The number of hydrogen-bond acceptors (Lipinski definition) is 6. The van der Waals surface area contributed by atoms with E-state index < -0.39 is 0 Å². The average Bonchev–Trinajstić information content (AvgIpc) is 3.39. The molecule has 7 nitrogen and oxygen atoms in total. The van der Waals surface area contributed by atoms with E-state index in [4.69, 9.17) is 25.6 Å². The number of methoxy groups -OCH3 is 2. The molecule has 0 spiro atoms. The fourth-order valence-electron chi connectivity index (χ4n) is 3.61. The van der Waals surface area contributed by atoms with Gasteiger partial charge in [-0.2, -0.15) is 4.98 Å². The summed E-state index contributed by atoms with van der Waals surface area (Å²) >= 11 is 6.21. The van der Waals surface area contributed by atoms with Gasteiger partial charge in [0.15, 0.2) is 11.5 Å². The highest BCUT2D eigenvalue weighted by Crippen LogP contribution is 2.31. The first kappa shape index (κ1) is 20.2. The topological polar surface area (TPSA) is 77.7 Å². The first-order valence-corrected chi connectivity index (χ1v) is 10.0. The Hall–Kier alpha value is -3.06. The molecule has 1 aromatic heterocycles. The van der Waals surface area contributed by atoms with Gasteiger partial charge in [0.25, 0.3) is 0 Å². The summed E-state index contributed by atoms with van der Waals surface area (Å²) in [6, 6.07) is 13.1. The number of aromatic nitrogens is 2.